The molecule has 140 valence electrons. The summed E-state index contributed by atoms with van der Waals surface area (Å²) in [6.45, 7) is 2.10. The Morgan fingerprint density at radius 2 is 2.04 bits per heavy atom. The molecular weight excluding hydrogens is 420 g/mol. The minimum atomic E-state index is -0.234. The number of hydrogen-bond donors (Lipinski definition) is 1. The molecule has 1 amide bonds. The molecule has 0 spiro atoms. The van der Waals surface area contributed by atoms with E-state index in [9.17, 15) is 4.79 Å². The quantitative estimate of drug-likeness (QED) is 0.385. The molecule has 0 bridgehead atoms. The maximum absolute atomic E-state index is 12.0. The Hall–Kier alpha value is -3.12. The summed E-state index contributed by atoms with van der Waals surface area (Å²) in [5.74, 6) is 0.931. The van der Waals surface area contributed by atoms with Gasteiger partial charge in [0, 0.05) is 17.3 Å². The lowest BCUT2D eigenvalue weighted by molar-refractivity contribution is -0.111. The van der Waals surface area contributed by atoms with E-state index in [-0.39, 0.29) is 5.91 Å². The normalized spacial score (nSPS) is 11.4. The highest BCUT2D eigenvalue weighted by atomic mass is 79.9. The first-order valence-electron chi connectivity index (χ1n) is 8.84. The molecule has 2 heterocycles. The van der Waals surface area contributed by atoms with E-state index >= 15 is 0 Å². The molecule has 0 aliphatic heterocycles. The van der Waals surface area contributed by atoms with Gasteiger partial charge in [0.15, 0.2) is 5.58 Å². The predicted molar refractivity (Wildman–Crippen MR) is 113 cm³/mol. The lowest BCUT2D eigenvalue weighted by atomic mass is 10.1. The van der Waals surface area contributed by atoms with Crippen LogP contribution in [0.3, 0.4) is 0 Å². The molecule has 2 aromatic heterocycles. The fraction of sp³-hybridized carbons (Fsp3) is 0.0909. The maximum Gasteiger partial charge on any atom is 0.248 e. The van der Waals surface area contributed by atoms with Crippen LogP contribution in [0.25, 0.3) is 28.6 Å². The van der Waals surface area contributed by atoms with Gasteiger partial charge in [0.2, 0.25) is 11.8 Å². The Bertz CT molecular complexity index is 1140. The largest absolute Gasteiger partial charge is 0.465 e. The maximum atomic E-state index is 12.0. The van der Waals surface area contributed by atoms with E-state index in [1.54, 1.807) is 24.5 Å². The summed E-state index contributed by atoms with van der Waals surface area (Å²) in [5.41, 5.74) is 4.27. The fourth-order valence-corrected chi connectivity index (χ4v) is 3.38. The van der Waals surface area contributed by atoms with Gasteiger partial charge in [-0.2, -0.15) is 0 Å². The minimum absolute atomic E-state index is 0.234. The van der Waals surface area contributed by atoms with Crippen LogP contribution in [0.4, 0.5) is 5.69 Å². The third-order valence-electron chi connectivity index (χ3n) is 4.25. The van der Waals surface area contributed by atoms with Crippen LogP contribution in [0.2, 0.25) is 0 Å². The molecule has 0 saturated carbocycles. The Morgan fingerprint density at radius 3 is 2.75 bits per heavy atom. The third-order valence-corrected chi connectivity index (χ3v) is 4.84. The average molecular weight is 437 g/mol. The summed E-state index contributed by atoms with van der Waals surface area (Å²) < 4.78 is 12.0. The molecule has 28 heavy (non-hydrogen) atoms. The summed E-state index contributed by atoms with van der Waals surface area (Å²) in [4.78, 5) is 16.6. The number of amides is 1. The molecule has 0 aliphatic carbocycles. The van der Waals surface area contributed by atoms with Crippen LogP contribution in [0.5, 0.6) is 0 Å². The number of furan rings is 1. The average Bonchev–Trinajstić information content (AvgIpc) is 3.37. The van der Waals surface area contributed by atoms with Crippen molar-refractivity contribution in [2.75, 3.05) is 5.32 Å². The van der Waals surface area contributed by atoms with E-state index in [0.29, 0.717) is 17.3 Å². The standard InChI is InChI=1S/C22H17BrN2O3/c1-2-14-12-18(23)21-19(13-14)25-22(28-21)15-5-7-16(8-6-15)24-20(26)10-9-17-4-3-11-27-17/h3-13H,2H2,1H3,(H,24,26)/b10-9+. The summed E-state index contributed by atoms with van der Waals surface area (Å²) >= 11 is 3.55. The predicted octanol–water partition coefficient (Wildman–Crippen LogP) is 6.06. The van der Waals surface area contributed by atoms with Crippen molar-refractivity contribution in [1.29, 1.82) is 0 Å². The van der Waals surface area contributed by atoms with Crippen molar-refractivity contribution in [2.24, 2.45) is 0 Å². The van der Waals surface area contributed by atoms with Gasteiger partial charge in [-0.25, -0.2) is 4.98 Å². The van der Waals surface area contributed by atoms with Crippen LogP contribution >= 0.6 is 15.9 Å². The summed E-state index contributed by atoms with van der Waals surface area (Å²) in [6, 6.07) is 15.0. The van der Waals surface area contributed by atoms with Crippen LogP contribution in [-0.2, 0) is 11.2 Å². The molecule has 0 radical (unpaired) electrons. The zero-order valence-electron chi connectivity index (χ0n) is 15.1. The number of nitrogens with one attached hydrogen (secondary N) is 1. The highest BCUT2D eigenvalue weighted by Gasteiger charge is 2.12. The molecule has 4 rings (SSSR count). The van der Waals surface area contributed by atoms with Gasteiger partial charge < -0.3 is 14.2 Å². The fourth-order valence-electron chi connectivity index (χ4n) is 2.80. The van der Waals surface area contributed by atoms with Crippen molar-refractivity contribution < 1.29 is 13.6 Å². The lowest BCUT2D eigenvalue weighted by Gasteiger charge is -2.02. The van der Waals surface area contributed by atoms with Crippen molar-refractivity contribution >= 4 is 44.7 Å². The zero-order valence-corrected chi connectivity index (χ0v) is 16.7. The third kappa shape index (κ3) is 3.92. The van der Waals surface area contributed by atoms with E-state index in [1.165, 1.54) is 11.6 Å². The number of nitrogens with zero attached hydrogens (tertiary/aromatic N) is 1. The number of benzene rings is 2. The zero-order chi connectivity index (χ0) is 19.5. The van der Waals surface area contributed by atoms with E-state index in [1.807, 2.05) is 36.4 Å². The van der Waals surface area contributed by atoms with Gasteiger partial charge >= 0.3 is 0 Å². The lowest BCUT2D eigenvalue weighted by Crippen LogP contribution is -2.07. The van der Waals surface area contributed by atoms with Crippen molar-refractivity contribution in [2.45, 2.75) is 13.3 Å². The van der Waals surface area contributed by atoms with Crippen molar-refractivity contribution in [1.82, 2.24) is 4.98 Å². The first-order chi connectivity index (χ1) is 13.6. The first-order valence-corrected chi connectivity index (χ1v) is 9.63. The Balaban J connectivity index is 1.51. The highest BCUT2D eigenvalue weighted by molar-refractivity contribution is 9.10. The second-order valence-electron chi connectivity index (χ2n) is 6.21. The topological polar surface area (TPSA) is 68.3 Å². The summed E-state index contributed by atoms with van der Waals surface area (Å²) in [6.07, 6.45) is 5.53. The second-order valence-corrected chi connectivity index (χ2v) is 7.07. The molecule has 6 heteroatoms. The molecule has 0 atom stereocenters. The molecule has 4 aromatic rings. The summed E-state index contributed by atoms with van der Waals surface area (Å²) in [7, 11) is 0. The molecule has 2 aromatic carbocycles. The Kier molecular flexibility index (Phi) is 5.12. The smallest absolute Gasteiger partial charge is 0.248 e. The van der Waals surface area contributed by atoms with E-state index in [0.717, 1.165) is 27.6 Å². The van der Waals surface area contributed by atoms with Gasteiger partial charge in [0.25, 0.3) is 0 Å². The summed E-state index contributed by atoms with van der Waals surface area (Å²) in [5, 5.41) is 2.81. The van der Waals surface area contributed by atoms with Crippen LogP contribution in [0, 0.1) is 0 Å². The van der Waals surface area contributed by atoms with Crippen molar-refractivity contribution in [3.63, 3.8) is 0 Å². The van der Waals surface area contributed by atoms with E-state index in [4.69, 9.17) is 8.83 Å². The van der Waals surface area contributed by atoms with Gasteiger partial charge in [-0.15, -0.1) is 0 Å². The van der Waals surface area contributed by atoms with Crippen LogP contribution < -0.4 is 5.32 Å². The van der Waals surface area contributed by atoms with Crippen molar-refractivity contribution in [3.05, 3.63) is 76.7 Å². The van der Waals surface area contributed by atoms with Gasteiger partial charge in [-0.1, -0.05) is 6.92 Å². The van der Waals surface area contributed by atoms with Gasteiger partial charge in [0.05, 0.1) is 10.7 Å². The van der Waals surface area contributed by atoms with Gasteiger partial charge in [-0.05, 0) is 82.5 Å². The number of hydrogen-bond acceptors (Lipinski definition) is 4. The molecule has 1 N–H and O–H groups in total. The number of carbonyl (C=O) groups excluding carboxylic acids is 1. The number of aromatic nitrogens is 1. The van der Waals surface area contributed by atoms with E-state index in [2.05, 4.69) is 33.2 Å². The minimum Gasteiger partial charge on any atom is -0.465 e. The molecule has 5 nitrogen and oxygen atoms in total. The van der Waals surface area contributed by atoms with Crippen molar-refractivity contribution in [3.8, 4) is 11.5 Å². The SMILES string of the molecule is CCc1cc(Br)c2oc(-c3ccc(NC(=O)/C=C/c4ccco4)cc3)nc2c1. The number of fused-ring (bicyclic) bond motifs is 1. The number of aryl methyl sites for hydroxylation is 1. The second kappa shape index (κ2) is 7.86. The highest BCUT2D eigenvalue weighted by Crippen LogP contribution is 2.31. The van der Waals surface area contributed by atoms with Crippen LogP contribution in [0.15, 0.2) is 74.2 Å². The monoisotopic (exact) mass is 436 g/mol. The molecule has 0 fully saturated rings. The number of rotatable bonds is 5. The van der Waals surface area contributed by atoms with Crippen LogP contribution in [0.1, 0.15) is 18.2 Å². The number of carbonyl (C=O) groups is 1. The molecule has 0 aliphatic rings. The number of oxazole rings is 1. The molecule has 0 unspecified atom stereocenters. The van der Waals surface area contributed by atoms with Crippen LogP contribution in [-0.4, -0.2) is 10.9 Å². The molecular formula is C22H17BrN2O3. The number of anilines is 1. The van der Waals surface area contributed by atoms with E-state index < -0.39 is 0 Å². The molecule has 0 saturated heterocycles. The van der Waals surface area contributed by atoms with Gasteiger partial charge in [0.1, 0.15) is 11.3 Å². The Morgan fingerprint density at radius 1 is 1.21 bits per heavy atom. The Labute approximate surface area is 170 Å². The first kappa shape index (κ1) is 18.3. The number of halogens is 1. The van der Waals surface area contributed by atoms with Gasteiger partial charge in [-0.3, -0.25) is 4.79 Å².